The Morgan fingerprint density at radius 3 is 1.65 bits per heavy atom. The third kappa shape index (κ3) is 8.87. The van der Waals surface area contributed by atoms with Gasteiger partial charge in [0.25, 0.3) is 6.71 Å². The van der Waals surface area contributed by atoms with E-state index < -0.39 is 0 Å². The summed E-state index contributed by atoms with van der Waals surface area (Å²) in [7, 11) is 0. The number of benzene rings is 10. The van der Waals surface area contributed by atoms with E-state index in [2.05, 4.69) is 316 Å². The lowest BCUT2D eigenvalue weighted by Gasteiger charge is -2.45. The molecule has 4 nitrogen and oxygen atoms in total. The van der Waals surface area contributed by atoms with E-state index in [1.165, 1.54) is 81.8 Å². The number of para-hydroxylation sites is 3. The molecule has 2 aliphatic rings. The van der Waals surface area contributed by atoms with Crippen LogP contribution in [0.3, 0.4) is 0 Å². The molecule has 0 spiro atoms. The second-order valence-corrected chi connectivity index (χ2v) is 28.5. The van der Waals surface area contributed by atoms with E-state index >= 15 is 0 Å². The van der Waals surface area contributed by atoms with E-state index in [1.807, 2.05) is 11.3 Å². The van der Waals surface area contributed by atoms with Gasteiger partial charge in [-0.3, -0.25) is 0 Å². The van der Waals surface area contributed by atoms with Crippen molar-refractivity contribution in [1.29, 1.82) is 0 Å². The van der Waals surface area contributed by atoms with Gasteiger partial charge in [-0.25, -0.2) is 0 Å². The van der Waals surface area contributed by atoms with E-state index in [-0.39, 0.29) is 28.4 Å². The van der Waals surface area contributed by atoms with Crippen LogP contribution in [0.2, 0.25) is 0 Å². The van der Waals surface area contributed by atoms with Crippen LogP contribution in [0.15, 0.2) is 223 Å². The summed E-state index contributed by atoms with van der Waals surface area (Å²) in [6, 6.07) is 82.3. The normalized spacial score (nSPS) is 13.4. The second kappa shape index (κ2) is 19.5. The van der Waals surface area contributed by atoms with Crippen molar-refractivity contribution in [2.24, 2.45) is 0 Å². The molecular formula is C78H72BN3OS. The Labute approximate surface area is 500 Å². The average Bonchev–Trinajstić information content (AvgIpc) is 1.28. The van der Waals surface area contributed by atoms with Gasteiger partial charge in [-0.1, -0.05) is 223 Å². The quantitative estimate of drug-likeness (QED) is 0.148. The number of nitrogens with zero attached hydrogens (tertiary/aromatic N) is 3. The van der Waals surface area contributed by atoms with Crippen LogP contribution in [0, 0.1) is 0 Å². The lowest BCUT2D eigenvalue weighted by atomic mass is 9.36. The predicted octanol–water partition coefficient (Wildman–Crippen LogP) is 20.9. The Morgan fingerprint density at radius 1 is 0.393 bits per heavy atom. The largest absolute Gasteiger partial charge is 0.454 e. The predicted molar refractivity (Wildman–Crippen MR) is 363 cm³/mol. The zero-order chi connectivity index (χ0) is 58.2. The molecule has 0 N–H and O–H groups in total. The Balaban J connectivity index is 1.13. The molecule has 0 radical (unpaired) electrons. The summed E-state index contributed by atoms with van der Waals surface area (Å²) in [6.07, 6.45) is 0. The highest BCUT2D eigenvalue weighted by atomic mass is 32.1. The fourth-order valence-corrected chi connectivity index (χ4v) is 14.3. The van der Waals surface area contributed by atoms with E-state index in [0.29, 0.717) is 0 Å². The molecule has 0 amide bonds. The summed E-state index contributed by atoms with van der Waals surface area (Å²) in [5.74, 6) is 0. The van der Waals surface area contributed by atoms with Crippen molar-refractivity contribution in [2.45, 2.75) is 105 Å². The summed E-state index contributed by atoms with van der Waals surface area (Å²) >= 11 is 1.95. The summed E-state index contributed by atoms with van der Waals surface area (Å²) < 4.78 is 9.69. The van der Waals surface area contributed by atoms with Crippen molar-refractivity contribution in [3.63, 3.8) is 0 Å². The lowest BCUT2D eigenvalue weighted by Crippen LogP contribution is -2.60. The van der Waals surface area contributed by atoms with Crippen LogP contribution in [0.1, 0.15) is 105 Å². The van der Waals surface area contributed by atoms with Crippen molar-refractivity contribution in [2.75, 3.05) is 14.7 Å². The van der Waals surface area contributed by atoms with Crippen LogP contribution in [0.4, 0.5) is 51.2 Å². The lowest BCUT2D eigenvalue weighted by molar-refractivity contribution is 0.590. The number of anilines is 9. The molecule has 0 saturated carbocycles. The molecule has 0 atom stereocenters. The summed E-state index contributed by atoms with van der Waals surface area (Å²) in [5.41, 5.74) is 24.0. The molecule has 0 aliphatic carbocycles. The maximum atomic E-state index is 7.09. The van der Waals surface area contributed by atoms with Gasteiger partial charge in [0.1, 0.15) is 5.58 Å². The minimum Gasteiger partial charge on any atom is -0.454 e. The molecule has 2 aliphatic heterocycles. The Kier molecular flexibility index (Phi) is 12.4. The van der Waals surface area contributed by atoms with Crippen LogP contribution in [-0.2, 0) is 21.7 Å². The molecule has 2 aromatic heterocycles. The van der Waals surface area contributed by atoms with Gasteiger partial charge in [0.15, 0.2) is 5.58 Å². The van der Waals surface area contributed by atoms with Crippen LogP contribution in [-0.4, -0.2) is 6.71 Å². The Hall–Kier alpha value is -8.58. The van der Waals surface area contributed by atoms with Crippen LogP contribution < -0.4 is 30.4 Å². The molecule has 0 saturated heterocycles. The van der Waals surface area contributed by atoms with Crippen molar-refractivity contribution in [3.8, 4) is 22.3 Å². The van der Waals surface area contributed by atoms with Gasteiger partial charge in [0.2, 0.25) is 0 Å². The van der Waals surface area contributed by atoms with Gasteiger partial charge in [-0.15, -0.1) is 11.3 Å². The average molecular weight is 1110 g/mol. The molecule has 84 heavy (non-hydrogen) atoms. The first kappa shape index (κ1) is 53.4. The molecule has 10 aromatic carbocycles. The number of hydrogen-bond acceptors (Lipinski definition) is 5. The van der Waals surface area contributed by atoms with Crippen molar-refractivity contribution >= 4 is 117 Å². The minimum absolute atomic E-state index is 0.0112. The van der Waals surface area contributed by atoms with Crippen molar-refractivity contribution < 1.29 is 4.42 Å². The van der Waals surface area contributed by atoms with Gasteiger partial charge in [0, 0.05) is 65.2 Å². The maximum absolute atomic E-state index is 7.09. The number of hydrogen-bond donors (Lipinski definition) is 0. The van der Waals surface area contributed by atoms with Crippen molar-refractivity contribution in [3.05, 3.63) is 241 Å². The van der Waals surface area contributed by atoms with E-state index in [9.17, 15) is 0 Å². The molecular weight excluding hydrogens is 1040 g/mol. The van der Waals surface area contributed by atoms with Crippen LogP contribution in [0.25, 0.3) is 54.3 Å². The number of fused-ring (bicyclic) bond motifs is 9. The molecule has 0 unspecified atom stereocenters. The van der Waals surface area contributed by atoms with Crippen molar-refractivity contribution in [1.82, 2.24) is 0 Å². The molecule has 4 heterocycles. The smallest absolute Gasteiger partial charge is 0.264 e. The molecule has 12 aromatic rings. The van der Waals surface area contributed by atoms with Crippen LogP contribution >= 0.6 is 11.3 Å². The SMILES string of the molecule is CC(C)(C)c1ccc(N(c2ccc3c(c2)N(c2ccc(C(C)(C)C)cc2-c2ccccc2)c2cc(C(C)(C)C)cc4c2B3c2sc3ccc(C(C)(C)C)cc3c2N4c2cccc3c2oc2ccccc23)c2ccccc2-c2ccccc2)cc1. The summed E-state index contributed by atoms with van der Waals surface area (Å²) in [6.45, 7) is 27.8. The van der Waals surface area contributed by atoms with Gasteiger partial charge in [-0.05, 0) is 145 Å². The third-order valence-corrected chi connectivity index (χ3v) is 18.9. The van der Waals surface area contributed by atoms with Gasteiger partial charge < -0.3 is 19.1 Å². The van der Waals surface area contributed by atoms with Gasteiger partial charge in [0.05, 0.1) is 22.7 Å². The first-order valence-corrected chi connectivity index (χ1v) is 30.7. The number of rotatable bonds is 7. The van der Waals surface area contributed by atoms with Gasteiger partial charge >= 0.3 is 0 Å². The van der Waals surface area contributed by atoms with Crippen LogP contribution in [0.5, 0.6) is 0 Å². The highest BCUT2D eigenvalue weighted by molar-refractivity contribution is 7.33. The highest BCUT2D eigenvalue weighted by Crippen LogP contribution is 2.54. The molecule has 0 fully saturated rings. The first-order chi connectivity index (χ1) is 40.2. The number of thiophene rings is 1. The zero-order valence-electron chi connectivity index (χ0n) is 50.5. The molecule has 0 bridgehead atoms. The van der Waals surface area contributed by atoms with E-state index in [4.69, 9.17) is 4.42 Å². The Bertz CT molecular complexity index is 4540. The highest BCUT2D eigenvalue weighted by Gasteiger charge is 2.47. The maximum Gasteiger partial charge on any atom is 0.264 e. The monoisotopic (exact) mass is 1110 g/mol. The minimum atomic E-state index is -0.238. The fraction of sp³-hybridized carbons (Fsp3) is 0.205. The standard InChI is InChI=1S/C78H72BN3OS/c1-75(2,3)51-34-38-55(39-35-51)80(63-31-21-19-28-57(63)49-24-15-13-16-25-49)56-40-41-62-66(48-56)81(64-42-36-52(76(4,5)6)44-60(64)50-26-17-14-18-27-50)67-46-54(78(10,11)12)47-68-71(67)79(62)74-72(61-45-53(77(7,8)9)37-43-70(61)84-74)82(68)65-32-23-30-59-58-29-20-22-33-69(58)83-73(59)65/h13-48H,1-12H3. The Morgan fingerprint density at radius 2 is 0.964 bits per heavy atom. The zero-order valence-corrected chi connectivity index (χ0v) is 51.3. The molecule has 414 valence electrons. The molecule has 14 rings (SSSR count). The third-order valence-electron chi connectivity index (χ3n) is 17.7. The topological polar surface area (TPSA) is 22.9 Å². The molecule has 6 heteroatoms. The number of furan rings is 1. The van der Waals surface area contributed by atoms with Gasteiger partial charge in [-0.2, -0.15) is 0 Å². The fourth-order valence-electron chi connectivity index (χ4n) is 13.0. The second-order valence-electron chi connectivity index (χ2n) is 27.4. The summed E-state index contributed by atoms with van der Waals surface area (Å²) in [4.78, 5) is 7.76. The van der Waals surface area contributed by atoms with E-state index in [1.54, 1.807) is 0 Å². The summed E-state index contributed by atoms with van der Waals surface area (Å²) in [5, 5.41) is 3.49. The van der Waals surface area contributed by atoms with E-state index in [0.717, 1.165) is 61.6 Å². The first-order valence-electron chi connectivity index (χ1n) is 29.9.